The largest absolute Gasteiger partial charge is 0.486 e. The summed E-state index contributed by atoms with van der Waals surface area (Å²) in [6.07, 6.45) is 0. The zero-order valence-corrected chi connectivity index (χ0v) is 14.6. The molecule has 1 heterocycles. The lowest BCUT2D eigenvalue weighted by molar-refractivity contribution is 0.199. The summed E-state index contributed by atoms with van der Waals surface area (Å²) < 4.78 is 11.9. The van der Waals surface area contributed by atoms with E-state index in [1.165, 1.54) is 5.56 Å². The van der Waals surface area contributed by atoms with Gasteiger partial charge in [0.25, 0.3) is 0 Å². The van der Waals surface area contributed by atoms with Crippen molar-refractivity contribution in [3.63, 3.8) is 0 Å². The van der Waals surface area contributed by atoms with Crippen LogP contribution in [0.15, 0.2) is 28.1 Å². The summed E-state index contributed by atoms with van der Waals surface area (Å²) in [4.78, 5) is 4.39. The molecule has 0 fully saturated rings. The molecule has 0 spiro atoms. The van der Waals surface area contributed by atoms with E-state index in [9.17, 15) is 0 Å². The number of aromatic nitrogens is 1. The maximum atomic E-state index is 5.80. The first-order valence-electron chi connectivity index (χ1n) is 6.71. The molecule has 0 aliphatic rings. The molecule has 21 heavy (non-hydrogen) atoms. The smallest absolute Gasteiger partial charge is 0.140 e. The minimum Gasteiger partial charge on any atom is -0.486 e. The summed E-state index contributed by atoms with van der Waals surface area (Å²) in [5.41, 5.74) is 2.20. The number of thiazole rings is 1. The standard InChI is InChI=1S/C15H19BrN2O2S/c1-11-10-21-15(18-11)9-20-13-3-4-14(16)12(7-13)8-17-5-6-19-2/h3-4,7,10,17H,5-6,8-9H2,1-2H3. The van der Waals surface area contributed by atoms with Crippen molar-refractivity contribution in [2.24, 2.45) is 0 Å². The van der Waals surface area contributed by atoms with Crippen LogP contribution in [-0.2, 0) is 17.9 Å². The zero-order chi connectivity index (χ0) is 15.1. The number of rotatable bonds is 8. The Labute approximate surface area is 137 Å². The van der Waals surface area contributed by atoms with Gasteiger partial charge in [0, 0.05) is 35.7 Å². The number of ether oxygens (including phenoxy) is 2. The second-order valence-corrected chi connectivity index (χ2v) is 6.39. The molecule has 6 heteroatoms. The molecule has 2 rings (SSSR count). The maximum Gasteiger partial charge on any atom is 0.140 e. The van der Waals surface area contributed by atoms with Gasteiger partial charge < -0.3 is 14.8 Å². The van der Waals surface area contributed by atoms with Crippen molar-refractivity contribution >= 4 is 27.3 Å². The van der Waals surface area contributed by atoms with E-state index < -0.39 is 0 Å². The minimum absolute atomic E-state index is 0.511. The molecule has 0 saturated heterocycles. The van der Waals surface area contributed by atoms with Crippen LogP contribution in [-0.4, -0.2) is 25.2 Å². The van der Waals surface area contributed by atoms with E-state index in [4.69, 9.17) is 9.47 Å². The molecule has 1 aromatic heterocycles. The zero-order valence-electron chi connectivity index (χ0n) is 12.2. The Kier molecular flexibility index (Phi) is 6.63. The summed E-state index contributed by atoms with van der Waals surface area (Å²) in [5.74, 6) is 0.856. The minimum atomic E-state index is 0.511. The molecule has 0 aliphatic carbocycles. The average Bonchev–Trinajstić information content (AvgIpc) is 2.89. The first kappa shape index (κ1) is 16.4. The van der Waals surface area contributed by atoms with E-state index in [0.717, 1.165) is 34.0 Å². The Morgan fingerprint density at radius 1 is 1.38 bits per heavy atom. The van der Waals surface area contributed by atoms with Crippen LogP contribution in [0.1, 0.15) is 16.3 Å². The summed E-state index contributed by atoms with van der Waals surface area (Å²) >= 11 is 5.19. The van der Waals surface area contributed by atoms with Crippen LogP contribution < -0.4 is 10.1 Å². The first-order chi connectivity index (χ1) is 10.2. The predicted molar refractivity (Wildman–Crippen MR) is 88.9 cm³/mol. The highest BCUT2D eigenvalue weighted by molar-refractivity contribution is 9.10. The second kappa shape index (κ2) is 8.48. The number of nitrogens with one attached hydrogen (secondary N) is 1. The molecular weight excluding hydrogens is 352 g/mol. The lowest BCUT2D eigenvalue weighted by Crippen LogP contribution is -2.18. The molecular formula is C15H19BrN2O2S. The number of benzene rings is 1. The van der Waals surface area contributed by atoms with Crippen LogP contribution in [0.4, 0.5) is 0 Å². The van der Waals surface area contributed by atoms with Crippen LogP contribution >= 0.6 is 27.3 Å². The van der Waals surface area contributed by atoms with Gasteiger partial charge in [-0.15, -0.1) is 11.3 Å². The van der Waals surface area contributed by atoms with Gasteiger partial charge in [-0.2, -0.15) is 0 Å². The van der Waals surface area contributed by atoms with Gasteiger partial charge in [-0.05, 0) is 30.7 Å². The molecule has 2 aromatic rings. The molecule has 0 unspecified atom stereocenters. The SMILES string of the molecule is COCCNCc1cc(OCc2nc(C)cs2)ccc1Br. The lowest BCUT2D eigenvalue weighted by Gasteiger charge is -2.10. The molecule has 1 N–H and O–H groups in total. The Bertz CT molecular complexity index is 575. The number of nitrogens with zero attached hydrogens (tertiary/aromatic N) is 1. The van der Waals surface area contributed by atoms with E-state index >= 15 is 0 Å². The topological polar surface area (TPSA) is 43.4 Å². The highest BCUT2D eigenvalue weighted by Gasteiger charge is 2.04. The highest BCUT2D eigenvalue weighted by Crippen LogP contribution is 2.23. The van der Waals surface area contributed by atoms with Crippen LogP contribution in [0.5, 0.6) is 5.75 Å². The number of halogens is 1. The number of hydrogen-bond acceptors (Lipinski definition) is 5. The Morgan fingerprint density at radius 3 is 2.95 bits per heavy atom. The van der Waals surface area contributed by atoms with Crippen molar-refractivity contribution in [3.05, 3.63) is 44.3 Å². The third kappa shape index (κ3) is 5.39. The fraction of sp³-hybridized carbons (Fsp3) is 0.400. The van der Waals surface area contributed by atoms with Crippen molar-refractivity contribution < 1.29 is 9.47 Å². The third-order valence-corrected chi connectivity index (χ3v) is 4.56. The van der Waals surface area contributed by atoms with Gasteiger partial charge >= 0.3 is 0 Å². The monoisotopic (exact) mass is 370 g/mol. The molecule has 0 saturated carbocycles. The quantitative estimate of drug-likeness (QED) is 0.721. The van der Waals surface area contributed by atoms with Crippen molar-refractivity contribution in [1.29, 1.82) is 0 Å². The van der Waals surface area contributed by atoms with Crippen LogP contribution in [0, 0.1) is 6.92 Å². The van der Waals surface area contributed by atoms with Crippen LogP contribution in [0.3, 0.4) is 0 Å². The molecule has 0 aliphatic heterocycles. The van der Waals surface area contributed by atoms with E-state index in [1.807, 2.05) is 30.5 Å². The molecule has 0 bridgehead atoms. The molecule has 114 valence electrons. The fourth-order valence-electron chi connectivity index (χ4n) is 1.79. The normalized spacial score (nSPS) is 10.8. The highest BCUT2D eigenvalue weighted by atomic mass is 79.9. The maximum absolute atomic E-state index is 5.80. The lowest BCUT2D eigenvalue weighted by atomic mass is 10.2. The number of aryl methyl sites for hydroxylation is 1. The molecule has 0 radical (unpaired) electrons. The van der Waals surface area contributed by atoms with Crippen LogP contribution in [0.25, 0.3) is 0 Å². The number of hydrogen-bond donors (Lipinski definition) is 1. The Morgan fingerprint density at radius 2 is 2.24 bits per heavy atom. The van der Waals surface area contributed by atoms with Gasteiger partial charge in [0.05, 0.1) is 6.61 Å². The summed E-state index contributed by atoms with van der Waals surface area (Å²) in [7, 11) is 1.70. The van der Waals surface area contributed by atoms with E-state index in [-0.39, 0.29) is 0 Å². The molecule has 0 atom stereocenters. The average molecular weight is 371 g/mol. The Hall–Kier alpha value is -0.950. The predicted octanol–water partition coefficient (Wildman–Crippen LogP) is 3.53. The van der Waals surface area contributed by atoms with Gasteiger partial charge in [-0.3, -0.25) is 0 Å². The molecule has 1 aromatic carbocycles. The Balaban J connectivity index is 1.91. The van der Waals surface area contributed by atoms with Gasteiger partial charge in [0.15, 0.2) is 0 Å². The second-order valence-electron chi connectivity index (χ2n) is 4.59. The van der Waals surface area contributed by atoms with Crippen molar-refractivity contribution in [3.8, 4) is 5.75 Å². The van der Waals surface area contributed by atoms with Gasteiger partial charge in [0.2, 0.25) is 0 Å². The van der Waals surface area contributed by atoms with Crippen LogP contribution in [0.2, 0.25) is 0 Å². The third-order valence-electron chi connectivity index (χ3n) is 2.84. The molecule has 4 nitrogen and oxygen atoms in total. The fourth-order valence-corrected chi connectivity index (χ4v) is 2.86. The summed E-state index contributed by atoms with van der Waals surface area (Å²) in [5, 5.41) is 6.36. The number of methoxy groups -OCH3 is 1. The van der Waals surface area contributed by atoms with Crippen molar-refractivity contribution in [1.82, 2.24) is 10.3 Å². The summed E-state index contributed by atoms with van der Waals surface area (Å²) in [6.45, 7) is 4.81. The van der Waals surface area contributed by atoms with E-state index in [0.29, 0.717) is 13.2 Å². The van der Waals surface area contributed by atoms with E-state index in [1.54, 1.807) is 18.4 Å². The van der Waals surface area contributed by atoms with Crippen molar-refractivity contribution in [2.75, 3.05) is 20.3 Å². The van der Waals surface area contributed by atoms with E-state index in [2.05, 4.69) is 26.2 Å². The summed E-state index contributed by atoms with van der Waals surface area (Å²) in [6, 6.07) is 6.02. The molecule has 0 amide bonds. The van der Waals surface area contributed by atoms with Crippen molar-refractivity contribution in [2.45, 2.75) is 20.1 Å². The van der Waals surface area contributed by atoms with Gasteiger partial charge in [-0.1, -0.05) is 15.9 Å². The van der Waals surface area contributed by atoms with Gasteiger partial charge in [-0.25, -0.2) is 4.98 Å². The van der Waals surface area contributed by atoms with Gasteiger partial charge in [0.1, 0.15) is 17.4 Å². The first-order valence-corrected chi connectivity index (χ1v) is 8.38.